The fourth-order valence-corrected chi connectivity index (χ4v) is 3.58. The fraction of sp³-hybridized carbons (Fsp3) is 0.211. The zero-order valence-corrected chi connectivity index (χ0v) is 14.3. The minimum Gasteiger partial charge on any atom is -0.368 e. The molecule has 0 bridgehead atoms. The maximum atomic E-state index is 12.2. The SMILES string of the molecule is O=C(Nc1cccc(-c2csc(-c3ccccn3)n2)c1)C1CCCO1. The molecular formula is C19H17N3O2S. The van der Waals surface area contributed by atoms with E-state index in [9.17, 15) is 4.79 Å². The summed E-state index contributed by atoms with van der Waals surface area (Å²) in [5, 5.41) is 5.82. The second-order valence-electron chi connectivity index (χ2n) is 5.82. The van der Waals surface area contributed by atoms with Crippen LogP contribution in [0.1, 0.15) is 12.8 Å². The van der Waals surface area contributed by atoms with Gasteiger partial charge in [0.05, 0.1) is 11.4 Å². The Balaban J connectivity index is 1.53. The Morgan fingerprint density at radius 3 is 2.96 bits per heavy atom. The first-order valence-electron chi connectivity index (χ1n) is 8.19. The van der Waals surface area contributed by atoms with Gasteiger partial charge in [0.1, 0.15) is 11.1 Å². The molecule has 1 aliphatic heterocycles. The van der Waals surface area contributed by atoms with E-state index >= 15 is 0 Å². The summed E-state index contributed by atoms with van der Waals surface area (Å²) in [6.07, 6.45) is 3.15. The van der Waals surface area contributed by atoms with Crippen LogP contribution >= 0.6 is 11.3 Å². The highest BCUT2D eigenvalue weighted by molar-refractivity contribution is 7.13. The number of thiazole rings is 1. The van der Waals surface area contributed by atoms with Gasteiger partial charge in [0.2, 0.25) is 0 Å². The molecule has 1 unspecified atom stereocenters. The lowest BCUT2D eigenvalue weighted by atomic mass is 10.1. The molecule has 0 saturated carbocycles. The van der Waals surface area contributed by atoms with E-state index in [-0.39, 0.29) is 12.0 Å². The topological polar surface area (TPSA) is 64.1 Å². The number of carbonyl (C=O) groups is 1. The molecule has 5 nitrogen and oxygen atoms in total. The molecule has 25 heavy (non-hydrogen) atoms. The number of rotatable bonds is 4. The lowest BCUT2D eigenvalue weighted by Gasteiger charge is -2.11. The smallest absolute Gasteiger partial charge is 0.253 e. The monoisotopic (exact) mass is 351 g/mol. The van der Waals surface area contributed by atoms with Crippen LogP contribution in [0.5, 0.6) is 0 Å². The van der Waals surface area contributed by atoms with Crippen molar-refractivity contribution in [3.05, 3.63) is 54.0 Å². The summed E-state index contributed by atoms with van der Waals surface area (Å²) in [4.78, 5) is 21.2. The summed E-state index contributed by atoms with van der Waals surface area (Å²) in [6.45, 7) is 0.660. The van der Waals surface area contributed by atoms with Gasteiger partial charge < -0.3 is 10.1 Å². The van der Waals surface area contributed by atoms with Crippen LogP contribution in [0.15, 0.2) is 54.0 Å². The molecule has 1 amide bonds. The van der Waals surface area contributed by atoms with E-state index in [1.54, 1.807) is 17.5 Å². The molecule has 0 aliphatic carbocycles. The molecule has 1 aliphatic rings. The summed E-state index contributed by atoms with van der Waals surface area (Å²) in [6, 6.07) is 13.5. The Labute approximate surface area is 149 Å². The van der Waals surface area contributed by atoms with E-state index in [1.807, 2.05) is 47.8 Å². The Bertz CT molecular complexity index is 873. The van der Waals surface area contributed by atoms with Crippen LogP contribution in [0.2, 0.25) is 0 Å². The normalized spacial score (nSPS) is 16.7. The highest BCUT2D eigenvalue weighted by Crippen LogP contribution is 2.29. The first-order valence-corrected chi connectivity index (χ1v) is 9.07. The zero-order chi connectivity index (χ0) is 17.1. The van der Waals surface area contributed by atoms with Crippen molar-refractivity contribution in [2.45, 2.75) is 18.9 Å². The number of pyridine rings is 1. The maximum Gasteiger partial charge on any atom is 0.253 e. The van der Waals surface area contributed by atoms with Crippen molar-refractivity contribution in [1.29, 1.82) is 0 Å². The lowest BCUT2D eigenvalue weighted by Crippen LogP contribution is -2.26. The van der Waals surface area contributed by atoms with E-state index in [0.29, 0.717) is 6.61 Å². The van der Waals surface area contributed by atoms with Gasteiger partial charge >= 0.3 is 0 Å². The number of nitrogens with zero attached hydrogens (tertiary/aromatic N) is 2. The first-order chi connectivity index (χ1) is 12.3. The predicted octanol–water partition coefficient (Wildman–Crippen LogP) is 3.99. The summed E-state index contributed by atoms with van der Waals surface area (Å²) in [5.41, 5.74) is 3.45. The van der Waals surface area contributed by atoms with Crippen molar-refractivity contribution < 1.29 is 9.53 Å². The number of carbonyl (C=O) groups excluding carboxylic acids is 1. The molecule has 1 N–H and O–H groups in total. The van der Waals surface area contributed by atoms with Crippen molar-refractivity contribution in [3.8, 4) is 22.0 Å². The van der Waals surface area contributed by atoms with E-state index < -0.39 is 0 Å². The largest absolute Gasteiger partial charge is 0.368 e. The number of hydrogen-bond acceptors (Lipinski definition) is 5. The van der Waals surface area contributed by atoms with Crippen LogP contribution in [-0.2, 0) is 9.53 Å². The predicted molar refractivity (Wildman–Crippen MR) is 98.4 cm³/mol. The number of amides is 1. The molecular weight excluding hydrogens is 334 g/mol. The first kappa shape index (κ1) is 15.9. The van der Waals surface area contributed by atoms with Crippen LogP contribution < -0.4 is 5.32 Å². The number of ether oxygens (including phenoxy) is 1. The number of anilines is 1. The van der Waals surface area contributed by atoms with Gasteiger partial charge in [-0.1, -0.05) is 18.2 Å². The second kappa shape index (κ2) is 7.13. The Morgan fingerprint density at radius 1 is 1.20 bits per heavy atom. The Hall–Kier alpha value is -2.57. The summed E-state index contributed by atoms with van der Waals surface area (Å²) < 4.78 is 5.42. The number of aromatic nitrogens is 2. The molecule has 0 radical (unpaired) electrons. The van der Waals surface area contributed by atoms with E-state index in [0.717, 1.165) is 40.5 Å². The molecule has 0 spiro atoms. The molecule has 3 aromatic rings. The molecule has 6 heteroatoms. The van der Waals surface area contributed by atoms with E-state index in [4.69, 9.17) is 4.74 Å². The van der Waals surface area contributed by atoms with Gasteiger partial charge in [-0.3, -0.25) is 9.78 Å². The van der Waals surface area contributed by atoms with Gasteiger partial charge in [-0.15, -0.1) is 11.3 Å². The van der Waals surface area contributed by atoms with E-state index in [1.165, 1.54) is 0 Å². The van der Waals surface area contributed by atoms with Crippen LogP contribution in [0.4, 0.5) is 5.69 Å². The van der Waals surface area contributed by atoms with Crippen LogP contribution in [0, 0.1) is 0 Å². The summed E-state index contributed by atoms with van der Waals surface area (Å²) in [5.74, 6) is -0.0814. The van der Waals surface area contributed by atoms with Crippen molar-refractivity contribution in [1.82, 2.24) is 9.97 Å². The standard InChI is InChI=1S/C19H17N3O2S/c23-18(17-8-4-10-24-17)21-14-6-3-5-13(11-14)16-12-25-19(22-16)15-7-1-2-9-20-15/h1-3,5-7,9,11-12,17H,4,8,10H2,(H,21,23). The highest BCUT2D eigenvalue weighted by Gasteiger charge is 2.23. The fourth-order valence-electron chi connectivity index (χ4n) is 2.78. The molecule has 1 fully saturated rings. The van der Waals surface area contributed by atoms with Crippen molar-refractivity contribution in [2.75, 3.05) is 11.9 Å². The number of benzene rings is 1. The van der Waals surface area contributed by atoms with Crippen LogP contribution in [0.25, 0.3) is 22.0 Å². The third-order valence-corrected chi connectivity index (χ3v) is 4.90. The zero-order valence-electron chi connectivity index (χ0n) is 13.5. The Morgan fingerprint density at radius 2 is 2.16 bits per heavy atom. The number of hydrogen-bond donors (Lipinski definition) is 1. The van der Waals surface area contributed by atoms with Gasteiger partial charge in [-0.25, -0.2) is 4.98 Å². The Kier molecular flexibility index (Phi) is 4.54. The van der Waals surface area contributed by atoms with Gasteiger partial charge in [-0.2, -0.15) is 0 Å². The van der Waals surface area contributed by atoms with Crippen molar-refractivity contribution in [3.63, 3.8) is 0 Å². The average Bonchev–Trinajstić information content (AvgIpc) is 3.35. The van der Waals surface area contributed by atoms with Crippen molar-refractivity contribution >= 4 is 22.9 Å². The molecule has 2 aromatic heterocycles. The third-order valence-electron chi connectivity index (χ3n) is 4.04. The number of nitrogens with one attached hydrogen (secondary N) is 1. The summed E-state index contributed by atoms with van der Waals surface area (Å²) in [7, 11) is 0. The van der Waals surface area contributed by atoms with Crippen LogP contribution in [0.3, 0.4) is 0 Å². The average molecular weight is 351 g/mol. The lowest BCUT2D eigenvalue weighted by molar-refractivity contribution is -0.124. The van der Waals surface area contributed by atoms with Gasteiger partial charge in [-0.05, 0) is 37.1 Å². The maximum absolute atomic E-state index is 12.2. The van der Waals surface area contributed by atoms with Crippen molar-refractivity contribution in [2.24, 2.45) is 0 Å². The second-order valence-corrected chi connectivity index (χ2v) is 6.68. The molecule has 1 aromatic carbocycles. The van der Waals surface area contributed by atoms with E-state index in [2.05, 4.69) is 15.3 Å². The minimum atomic E-state index is -0.335. The van der Waals surface area contributed by atoms with Gasteiger partial charge in [0, 0.05) is 29.4 Å². The van der Waals surface area contributed by atoms with Crippen LogP contribution in [-0.4, -0.2) is 28.6 Å². The summed E-state index contributed by atoms with van der Waals surface area (Å²) >= 11 is 1.56. The molecule has 1 atom stereocenters. The quantitative estimate of drug-likeness (QED) is 0.772. The molecule has 4 rings (SSSR count). The molecule has 1 saturated heterocycles. The highest BCUT2D eigenvalue weighted by atomic mass is 32.1. The molecule has 3 heterocycles. The minimum absolute atomic E-state index is 0.0814. The van der Waals surface area contributed by atoms with Gasteiger partial charge in [0.15, 0.2) is 0 Å². The molecule has 126 valence electrons. The third kappa shape index (κ3) is 3.60. The van der Waals surface area contributed by atoms with Gasteiger partial charge in [0.25, 0.3) is 5.91 Å².